The van der Waals surface area contributed by atoms with Gasteiger partial charge in [0.05, 0.1) is 22.9 Å². The maximum Gasteiger partial charge on any atom is 0.298 e. The molecular weight excluding hydrogens is 600 g/mol. The maximum absolute atomic E-state index is 14.8. The summed E-state index contributed by atoms with van der Waals surface area (Å²) in [7, 11) is 0. The van der Waals surface area contributed by atoms with E-state index in [1.54, 1.807) is 19.1 Å². The Bertz CT molecular complexity index is 1740. The first-order chi connectivity index (χ1) is 22.0. The van der Waals surface area contributed by atoms with Crippen LogP contribution in [-0.4, -0.2) is 57.3 Å². The molecule has 4 heterocycles. The molecule has 4 bridgehead atoms. The Morgan fingerprint density at radius 2 is 1.77 bits per heavy atom. The van der Waals surface area contributed by atoms with Crippen LogP contribution in [-0.2, 0) is 30.2 Å². The van der Waals surface area contributed by atoms with Crippen LogP contribution in [0.1, 0.15) is 103 Å². The van der Waals surface area contributed by atoms with Gasteiger partial charge in [-0.05, 0) is 92.9 Å². The van der Waals surface area contributed by atoms with Crippen molar-refractivity contribution in [3.8, 4) is 17.2 Å². The number of hydrogen-bond acceptors (Lipinski definition) is 9. The Morgan fingerprint density at radius 3 is 2.43 bits per heavy atom. The molecule has 1 saturated carbocycles. The van der Waals surface area contributed by atoms with Gasteiger partial charge in [0, 0.05) is 35.8 Å². The van der Waals surface area contributed by atoms with Gasteiger partial charge in [-0.15, -0.1) is 0 Å². The number of ketones is 2. The van der Waals surface area contributed by atoms with E-state index in [4.69, 9.17) is 23.7 Å². The summed E-state index contributed by atoms with van der Waals surface area (Å²) < 4.78 is 31.9. The molecule has 1 N–H and O–H groups in total. The summed E-state index contributed by atoms with van der Waals surface area (Å²) in [4.78, 5) is 40.3. The van der Waals surface area contributed by atoms with Crippen molar-refractivity contribution in [1.29, 1.82) is 0 Å². The van der Waals surface area contributed by atoms with Gasteiger partial charge in [0.1, 0.15) is 34.2 Å². The predicted octanol–water partition coefficient (Wildman–Crippen LogP) is 6.50. The van der Waals surface area contributed by atoms with Gasteiger partial charge in [-0.3, -0.25) is 14.4 Å². The molecule has 0 amide bonds. The van der Waals surface area contributed by atoms with Crippen molar-refractivity contribution in [2.75, 3.05) is 0 Å². The normalized spacial score (nSPS) is 34.8. The summed E-state index contributed by atoms with van der Waals surface area (Å²) in [5.41, 5.74) is -2.26. The summed E-state index contributed by atoms with van der Waals surface area (Å²) in [6.07, 6.45) is 11.5. The SMILES string of the molecule is CC(C)=CCC[C@@]1(C)C=Cc2c(O)c3c(c(CC4OC4(C)C)c2O1)O[C@]12C(=CC4CC1C(C)(C)OC2(CC=C(C)OC=O)C4=O)C3=O. The molecule has 1 aromatic carbocycles. The summed E-state index contributed by atoms with van der Waals surface area (Å²) in [5, 5.41) is 11.8. The first-order valence-corrected chi connectivity index (χ1v) is 16.6. The summed E-state index contributed by atoms with van der Waals surface area (Å²) in [6, 6.07) is 0. The van der Waals surface area contributed by atoms with Gasteiger partial charge in [0.25, 0.3) is 6.47 Å². The van der Waals surface area contributed by atoms with Crippen molar-refractivity contribution in [1.82, 2.24) is 0 Å². The molecule has 9 heteroatoms. The molecule has 47 heavy (non-hydrogen) atoms. The Balaban J connectivity index is 1.43. The highest BCUT2D eigenvalue weighted by Gasteiger charge is 2.81. The Morgan fingerprint density at radius 1 is 1.04 bits per heavy atom. The molecule has 3 fully saturated rings. The van der Waals surface area contributed by atoms with Gasteiger partial charge in [0.2, 0.25) is 0 Å². The van der Waals surface area contributed by atoms with Crippen molar-refractivity contribution in [2.45, 2.75) is 122 Å². The highest BCUT2D eigenvalue weighted by Crippen LogP contribution is 2.69. The Hall–Kier alpha value is -3.69. The largest absolute Gasteiger partial charge is 0.506 e. The van der Waals surface area contributed by atoms with E-state index in [1.807, 2.05) is 46.8 Å². The van der Waals surface area contributed by atoms with E-state index < -0.39 is 28.3 Å². The number of rotatable bonds is 9. The van der Waals surface area contributed by atoms with Crippen LogP contribution < -0.4 is 9.47 Å². The molecule has 8 rings (SSSR count). The number of allylic oxidation sites excluding steroid dienone is 4. The maximum atomic E-state index is 14.8. The highest BCUT2D eigenvalue weighted by molar-refractivity contribution is 6.19. The minimum absolute atomic E-state index is 0.0363. The van der Waals surface area contributed by atoms with E-state index in [-0.39, 0.29) is 52.7 Å². The quantitative estimate of drug-likeness (QED) is 0.139. The van der Waals surface area contributed by atoms with E-state index >= 15 is 0 Å². The van der Waals surface area contributed by atoms with Gasteiger partial charge in [0.15, 0.2) is 22.8 Å². The van der Waals surface area contributed by atoms with Gasteiger partial charge in [-0.25, -0.2) is 0 Å². The molecule has 4 aliphatic heterocycles. The number of benzene rings is 1. The summed E-state index contributed by atoms with van der Waals surface area (Å²) in [5.74, 6) is -0.691. The van der Waals surface area contributed by atoms with E-state index in [9.17, 15) is 19.5 Å². The van der Waals surface area contributed by atoms with E-state index in [2.05, 4.69) is 19.9 Å². The zero-order valence-corrected chi connectivity index (χ0v) is 28.4. The first-order valence-electron chi connectivity index (χ1n) is 16.6. The van der Waals surface area contributed by atoms with Crippen molar-refractivity contribution >= 4 is 24.1 Å². The monoisotopic (exact) mass is 644 g/mol. The standard InChI is InChI=1S/C38H44O9/c1-20(2)10-9-13-36(8)14-12-23-29(40)28-30(41)25-16-22-17-26-34(4,5)47-37(33(22)42,15-11-21(3)43-19-39)38(25,26)46-32(28)24(31(23)45-36)18-27-35(6,7)44-27/h10-12,14,16,19,22,26-27,40H,9,13,15,17-18H2,1-8H3/t22?,26?,27?,36-,37?,38+/m0/s1. The molecular formula is C38H44O9. The van der Waals surface area contributed by atoms with E-state index in [0.717, 1.165) is 6.42 Å². The Kier molecular flexibility index (Phi) is 6.89. The molecule has 1 spiro atoms. The van der Waals surface area contributed by atoms with Gasteiger partial charge >= 0.3 is 0 Å². The smallest absolute Gasteiger partial charge is 0.298 e. The number of carbonyl (C=O) groups excluding carboxylic acids is 3. The van der Waals surface area contributed by atoms with Crippen molar-refractivity contribution in [2.24, 2.45) is 11.8 Å². The molecule has 7 aliphatic rings. The average Bonchev–Trinajstić information content (AvgIpc) is 3.55. The molecule has 6 atom stereocenters. The van der Waals surface area contributed by atoms with E-state index in [1.165, 1.54) is 5.57 Å². The number of aromatic hydroxyl groups is 1. The zero-order valence-electron chi connectivity index (χ0n) is 28.4. The van der Waals surface area contributed by atoms with Crippen LogP contribution in [0.4, 0.5) is 0 Å². The van der Waals surface area contributed by atoms with Gasteiger partial charge in [-0.2, -0.15) is 0 Å². The number of carbonyl (C=O) groups is 3. The molecule has 9 nitrogen and oxygen atoms in total. The fraction of sp³-hybridized carbons (Fsp3) is 0.553. The third kappa shape index (κ3) is 4.45. The number of ether oxygens (including phenoxy) is 5. The number of hydrogen-bond donors (Lipinski definition) is 1. The third-order valence-corrected chi connectivity index (χ3v) is 11.2. The third-order valence-electron chi connectivity index (χ3n) is 11.2. The predicted molar refractivity (Wildman–Crippen MR) is 173 cm³/mol. The highest BCUT2D eigenvalue weighted by atomic mass is 16.6. The van der Waals surface area contributed by atoms with Crippen LogP contribution in [0.3, 0.4) is 0 Å². The minimum Gasteiger partial charge on any atom is -0.506 e. The second-order valence-electron chi connectivity index (χ2n) is 15.5. The van der Waals surface area contributed by atoms with Gasteiger partial charge < -0.3 is 28.8 Å². The van der Waals surface area contributed by atoms with Crippen LogP contribution in [0.15, 0.2) is 41.2 Å². The van der Waals surface area contributed by atoms with Crippen LogP contribution in [0, 0.1) is 11.8 Å². The Labute approximate surface area is 275 Å². The second kappa shape index (κ2) is 10.2. The van der Waals surface area contributed by atoms with Crippen LogP contribution in [0.2, 0.25) is 0 Å². The molecule has 1 aromatic rings. The lowest BCUT2D eigenvalue weighted by atomic mass is 9.51. The van der Waals surface area contributed by atoms with Crippen LogP contribution in [0.5, 0.6) is 17.2 Å². The first kappa shape index (κ1) is 31.9. The number of phenolic OH excluding ortho intramolecular Hbond substituents is 1. The van der Waals surface area contributed by atoms with Crippen LogP contribution >= 0.6 is 0 Å². The number of phenols is 1. The summed E-state index contributed by atoms with van der Waals surface area (Å²) in [6.45, 7) is 16.0. The number of fused-ring (bicyclic) bond motifs is 2. The molecule has 250 valence electrons. The molecule has 4 unspecified atom stereocenters. The lowest BCUT2D eigenvalue weighted by molar-refractivity contribution is -0.171. The lowest BCUT2D eigenvalue weighted by Gasteiger charge is -2.56. The molecule has 3 aliphatic carbocycles. The van der Waals surface area contributed by atoms with Gasteiger partial charge in [-0.1, -0.05) is 17.7 Å². The fourth-order valence-corrected chi connectivity index (χ4v) is 8.70. The average molecular weight is 645 g/mol. The van der Waals surface area contributed by atoms with Crippen LogP contribution in [0.25, 0.3) is 6.08 Å². The molecule has 0 radical (unpaired) electrons. The second-order valence-corrected chi connectivity index (χ2v) is 15.5. The van der Waals surface area contributed by atoms with Crippen molar-refractivity contribution in [3.05, 3.63) is 57.9 Å². The van der Waals surface area contributed by atoms with Crippen molar-refractivity contribution < 1.29 is 43.2 Å². The fourth-order valence-electron chi connectivity index (χ4n) is 8.70. The van der Waals surface area contributed by atoms with Crippen molar-refractivity contribution in [3.63, 3.8) is 0 Å². The molecule has 2 saturated heterocycles. The zero-order chi connectivity index (χ0) is 33.9. The molecule has 0 aromatic heterocycles. The summed E-state index contributed by atoms with van der Waals surface area (Å²) >= 11 is 0. The minimum atomic E-state index is -1.56. The lowest BCUT2D eigenvalue weighted by Crippen LogP contribution is -2.72. The number of epoxide rings is 1. The number of Topliss-reactive ketones (excluding diaryl/α,β-unsaturated/α-hetero) is 2. The van der Waals surface area contributed by atoms with E-state index in [0.29, 0.717) is 53.9 Å². The topological polar surface area (TPSA) is 121 Å².